The quantitative estimate of drug-likeness (QED) is 0.248. The summed E-state index contributed by atoms with van der Waals surface area (Å²) in [5.74, 6) is 0.00164. The molecule has 198 valence electrons. The van der Waals surface area contributed by atoms with Crippen molar-refractivity contribution in [2.45, 2.75) is 26.8 Å². The lowest BCUT2D eigenvalue weighted by molar-refractivity contribution is 0.0938. The second-order valence-corrected chi connectivity index (χ2v) is 9.48. The van der Waals surface area contributed by atoms with Crippen LogP contribution in [-0.2, 0) is 0 Å². The van der Waals surface area contributed by atoms with Gasteiger partial charge in [0.1, 0.15) is 11.8 Å². The minimum atomic E-state index is -0.320. The van der Waals surface area contributed by atoms with Crippen molar-refractivity contribution in [3.8, 4) is 6.07 Å². The lowest BCUT2D eigenvalue weighted by atomic mass is 10.1. The number of rotatable bonds is 7. The molecule has 40 heavy (non-hydrogen) atoms. The van der Waals surface area contributed by atoms with Crippen molar-refractivity contribution in [3.05, 3.63) is 119 Å². The van der Waals surface area contributed by atoms with Crippen LogP contribution in [0.5, 0.6) is 0 Å². The molecule has 9 heteroatoms. The third-order valence-electron chi connectivity index (χ3n) is 6.72. The minimum absolute atomic E-state index is 0.164. The molecule has 1 atom stereocenters. The molecule has 9 nitrogen and oxygen atoms in total. The third-order valence-corrected chi connectivity index (χ3v) is 6.72. The Kier molecular flexibility index (Phi) is 7.25. The summed E-state index contributed by atoms with van der Waals surface area (Å²) in [7, 11) is 0. The molecule has 0 fully saturated rings. The van der Waals surface area contributed by atoms with E-state index in [1.54, 1.807) is 41.0 Å². The standard InChI is InChI=1S/C31H27N7O2/c1-19-12-13-25(36-30(39)24-11-7-8-22(14-24)16-32)15-27(19)37-29-28-20(2)26(17-38(28)34-18-33-29)31(40)35-21(3)23-9-5-4-6-10-23/h4-15,17-18,21H,1-3H3,(H,35,40)(H,36,39)(H,33,34,37)/t21-/m0/s1. The number of amides is 2. The van der Waals surface area contributed by atoms with E-state index in [0.29, 0.717) is 33.7 Å². The molecule has 5 aromatic rings. The Labute approximate surface area is 231 Å². The monoisotopic (exact) mass is 529 g/mol. The summed E-state index contributed by atoms with van der Waals surface area (Å²) in [6.45, 7) is 5.75. The van der Waals surface area contributed by atoms with E-state index in [0.717, 1.165) is 22.4 Å². The van der Waals surface area contributed by atoms with Crippen LogP contribution in [0.25, 0.3) is 5.52 Å². The normalized spacial score (nSPS) is 11.4. The Bertz CT molecular complexity index is 1770. The molecular weight excluding hydrogens is 502 g/mol. The molecule has 0 radical (unpaired) electrons. The summed E-state index contributed by atoms with van der Waals surface area (Å²) in [4.78, 5) is 30.4. The molecule has 3 aromatic carbocycles. The number of aryl methyl sites for hydroxylation is 2. The predicted octanol–water partition coefficient (Wildman–Crippen LogP) is 5.70. The first-order chi connectivity index (χ1) is 19.3. The number of nitrogens with one attached hydrogen (secondary N) is 3. The van der Waals surface area contributed by atoms with E-state index < -0.39 is 0 Å². The number of nitrogens with zero attached hydrogens (tertiary/aromatic N) is 4. The van der Waals surface area contributed by atoms with Crippen LogP contribution in [0.2, 0.25) is 0 Å². The highest BCUT2D eigenvalue weighted by molar-refractivity contribution is 6.05. The van der Waals surface area contributed by atoms with Gasteiger partial charge in [-0.05, 0) is 67.8 Å². The van der Waals surface area contributed by atoms with E-state index in [1.807, 2.05) is 69.3 Å². The number of carbonyl (C=O) groups is 2. The molecule has 0 bridgehead atoms. The maximum atomic E-state index is 13.2. The highest BCUT2D eigenvalue weighted by Gasteiger charge is 2.20. The van der Waals surface area contributed by atoms with Gasteiger partial charge in [0.2, 0.25) is 0 Å². The number of carbonyl (C=O) groups excluding carboxylic acids is 2. The molecule has 0 saturated carbocycles. The Morgan fingerprint density at radius 2 is 1.77 bits per heavy atom. The molecule has 3 N–H and O–H groups in total. The minimum Gasteiger partial charge on any atom is -0.345 e. The van der Waals surface area contributed by atoms with Gasteiger partial charge in [0.25, 0.3) is 11.8 Å². The van der Waals surface area contributed by atoms with Crippen LogP contribution in [0.4, 0.5) is 17.2 Å². The van der Waals surface area contributed by atoms with Crippen molar-refractivity contribution in [2.75, 3.05) is 10.6 Å². The number of nitriles is 1. The number of aromatic nitrogens is 3. The first kappa shape index (κ1) is 26.1. The number of fused-ring (bicyclic) bond motifs is 1. The number of anilines is 3. The van der Waals surface area contributed by atoms with Gasteiger partial charge in [0.05, 0.1) is 23.2 Å². The van der Waals surface area contributed by atoms with E-state index in [2.05, 4.69) is 26.0 Å². The summed E-state index contributed by atoms with van der Waals surface area (Å²) in [5.41, 5.74) is 5.96. The average Bonchev–Trinajstić information content (AvgIpc) is 3.32. The smallest absolute Gasteiger partial charge is 0.255 e. The Balaban J connectivity index is 1.39. The van der Waals surface area contributed by atoms with E-state index in [9.17, 15) is 9.59 Å². The summed E-state index contributed by atoms with van der Waals surface area (Å²) in [5, 5.41) is 22.7. The fourth-order valence-electron chi connectivity index (χ4n) is 4.48. The lowest BCUT2D eigenvalue weighted by Gasteiger charge is -2.14. The first-order valence-corrected chi connectivity index (χ1v) is 12.7. The van der Waals surface area contributed by atoms with E-state index in [1.165, 1.54) is 6.33 Å². The molecule has 5 rings (SSSR count). The molecule has 0 aliphatic rings. The fraction of sp³-hybridized carbons (Fsp3) is 0.129. The highest BCUT2D eigenvalue weighted by Crippen LogP contribution is 2.29. The molecule has 2 heterocycles. The predicted molar refractivity (Wildman–Crippen MR) is 154 cm³/mol. The lowest BCUT2D eigenvalue weighted by Crippen LogP contribution is -2.26. The first-order valence-electron chi connectivity index (χ1n) is 12.7. The van der Waals surface area contributed by atoms with Crippen molar-refractivity contribution in [3.63, 3.8) is 0 Å². The van der Waals surface area contributed by atoms with Crippen LogP contribution in [0.15, 0.2) is 85.3 Å². The van der Waals surface area contributed by atoms with Gasteiger partial charge in [-0.15, -0.1) is 0 Å². The van der Waals surface area contributed by atoms with Crippen LogP contribution in [-0.4, -0.2) is 26.4 Å². The molecule has 2 amide bonds. The third kappa shape index (κ3) is 5.37. The SMILES string of the molecule is Cc1ccc(NC(=O)c2cccc(C#N)c2)cc1Nc1ncnn2cc(C(=O)N[C@@H](C)c3ccccc3)c(C)c12. The van der Waals surface area contributed by atoms with Crippen LogP contribution < -0.4 is 16.0 Å². The molecule has 0 aliphatic heterocycles. The molecule has 0 aliphatic carbocycles. The van der Waals surface area contributed by atoms with Gasteiger partial charge in [-0.1, -0.05) is 42.5 Å². The Morgan fingerprint density at radius 1 is 0.975 bits per heavy atom. The molecular formula is C31H27N7O2. The molecule has 0 unspecified atom stereocenters. The number of benzene rings is 3. The van der Waals surface area contributed by atoms with Crippen molar-refractivity contribution in [1.29, 1.82) is 5.26 Å². The van der Waals surface area contributed by atoms with Gasteiger partial charge < -0.3 is 16.0 Å². The topological polar surface area (TPSA) is 124 Å². The van der Waals surface area contributed by atoms with Gasteiger partial charge in [-0.25, -0.2) is 9.50 Å². The Hall–Kier alpha value is -5.49. The maximum Gasteiger partial charge on any atom is 0.255 e. The van der Waals surface area contributed by atoms with Crippen LogP contribution >= 0.6 is 0 Å². The average molecular weight is 530 g/mol. The molecule has 2 aromatic heterocycles. The van der Waals surface area contributed by atoms with Crippen molar-refractivity contribution < 1.29 is 9.59 Å². The molecule has 0 spiro atoms. The fourth-order valence-corrected chi connectivity index (χ4v) is 4.48. The maximum absolute atomic E-state index is 13.2. The van der Waals surface area contributed by atoms with Gasteiger partial charge in [-0.3, -0.25) is 9.59 Å². The zero-order valence-corrected chi connectivity index (χ0v) is 22.3. The van der Waals surface area contributed by atoms with Gasteiger partial charge in [0.15, 0.2) is 5.82 Å². The van der Waals surface area contributed by atoms with Gasteiger partial charge in [0, 0.05) is 23.1 Å². The van der Waals surface area contributed by atoms with E-state index >= 15 is 0 Å². The summed E-state index contributed by atoms with van der Waals surface area (Å²) >= 11 is 0. The zero-order chi connectivity index (χ0) is 28.2. The van der Waals surface area contributed by atoms with Crippen molar-refractivity contribution >= 4 is 34.5 Å². The highest BCUT2D eigenvalue weighted by atomic mass is 16.2. The number of hydrogen-bond acceptors (Lipinski definition) is 6. The van der Waals surface area contributed by atoms with Crippen LogP contribution in [0.3, 0.4) is 0 Å². The number of hydrogen-bond donors (Lipinski definition) is 3. The summed E-state index contributed by atoms with van der Waals surface area (Å²) in [6, 6.07) is 23.7. The summed E-state index contributed by atoms with van der Waals surface area (Å²) in [6.07, 6.45) is 3.12. The Morgan fingerprint density at radius 3 is 2.55 bits per heavy atom. The van der Waals surface area contributed by atoms with Crippen LogP contribution in [0, 0.1) is 25.2 Å². The van der Waals surface area contributed by atoms with Gasteiger partial charge >= 0.3 is 0 Å². The van der Waals surface area contributed by atoms with Crippen molar-refractivity contribution in [2.24, 2.45) is 0 Å². The summed E-state index contributed by atoms with van der Waals surface area (Å²) < 4.78 is 1.63. The van der Waals surface area contributed by atoms with E-state index in [4.69, 9.17) is 5.26 Å². The van der Waals surface area contributed by atoms with Gasteiger partial charge in [-0.2, -0.15) is 10.4 Å². The molecule has 0 saturated heterocycles. The van der Waals surface area contributed by atoms with E-state index in [-0.39, 0.29) is 17.9 Å². The van der Waals surface area contributed by atoms with Crippen molar-refractivity contribution in [1.82, 2.24) is 19.9 Å². The van der Waals surface area contributed by atoms with Crippen LogP contribution in [0.1, 0.15) is 55.9 Å². The second kappa shape index (κ2) is 11.1. The second-order valence-electron chi connectivity index (χ2n) is 9.48. The largest absolute Gasteiger partial charge is 0.345 e. The zero-order valence-electron chi connectivity index (χ0n) is 22.3.